The number of methoxy groups -OCH3 is 1. The number of aliphatic hydroxyl groups is 1. The minimum atomic E-state index is -0.464. The van der Waals surface area contributed by atoms with E-state index < -0.39 is 12.1 Å². The largest absolute Gasteiger partial charge is 0.394 e. The predicted octanol–water partition coefficient (Wildman–Crippen LogP) is -1.04. The molecule has 0 aliphatic heterocycles. The second-order valence-electron chi connectivity index (χ2n) is 3.39. The van der Waals surface area contributed by atoms with Gasteiger partial charge < -0.3 is 15.2 Å². The Kier molecular flexibility index (Phi) is 4.87. The number of hydrogen-bond donors (Lipinski definition) is 2. The van der Waals surface area contributed by atoms with Gasteiger partial charge in [0.15, 0.2) is 0 Å². The number of carbonyl (C=O) groups is 1. The molecule has 0 aromatic carbocycles. The molecule has 0 fully saturated rings. The lowest BCUT2D eigenvalue weighted by Crippen LogP contribution is -2.43. The number of rotatable bonds is 6. The predicted molar refractivity (Wildman–Crippen MR) is 55.6 cm³/mol. The third-order valence-corrected chi connectivity index (χ3v) is 2.15. The summed E-state index contributed by atoms with van der Waals surface area (Å²) < 4.78 is 6.30. The SMILES string of the molecule is COCC(CO)NC(=O)C(C)n1cncn1. The molecule has 1 aromatic rings. The molecule has 0 aliphatic rings. The van der Waals surface area contributed by atoms with Crippen molar-refractivity contribution in [1.82, 2.24) is 20.1 Å². The van der Waals surface area contributed by atoms with Gasteiger partial charge in [-0.2, -0.15) is 5.10 Å². The molecule has 0 saturated carbocycles. The molecule has 2 atom stereocenters. The number of aliphatic hydroxyl groups excluding tert-OH is 1. The van der Waals surface area contributed by atoms with Crippen molar-refractivity contribution < 1.29 is 14.6 Å². The van der Waals surface area contributed by atoms with E-state index in [-0.39, 0.29) is 19.1 Å². The highest BCUT2D eigenvalue weighted by Gasteiger charge is 2.18. The van der Waals surface area contributed by atoms with Crippen molar-refractivity contribution in [3.05, 3.63) is 12.7 Å². The fraction of sp³-hybridized carbons (Fsp3) is 0.667. The van der Waals surface area contributed by atoms with Crippen LogP contribution in [0.5, 0.6) is 0 Å². The first-order valence-electron chi connectivity index (χ1n) is 4.93. The fourth-order valence-electron chi connectivity index (χ4n) is 1.20. The van der Waals surface area contributed by atoms with Crippen LogP contribution < -0.4 is 5.32 Å². The Morgan fingerprint density at radius 3 is 2.94 bits per heavy atom. The molecule has 90 valence electrons. The minimum absolute atomic E-state index is 0.163. The second kappa shape index (κ2) is 6.19. The quantitative estimate of drug-likeness (QED) is 0.649. The third kappa shape index (κ3) is 3.28. The molecule has 1 amide bonds. The van der Waals surface area contributed by atoms with E-state index in [1.807, 2.05) is 0 Å². The molecule has 16 heavy (non-hydrogen) atoms. The molecule has 2 N–H and O–H groups in total. The normalized spacial score (nSPS) is 14.4. The first-order chi connectivity index (χ1) is 7.69. The average Bonchev–Trinajstić information content (AvgIpc) is 2.80. The van der Waals surface area contributed by atoms with E-state index in [1.54, 1.807) is 6.92 Å². The highest BCUT2D eigenvalue weighted by molar-refractivity contribution is 5.80. The first kappa shape index (κ1) is 12.6. The van der Waals surface area contributed by atoms with Crippen LogP contribution in [0, 0.1) is 0 Å². The van der Waals surface area contributed by atoms with E-state index in [0.29, 0.717) is 0 Å². The van der Waals surface area contributed by atoms with Gasteiger partial charge in [0.2, 0.25) is 5.91 Å². The number of amides is 1. The topological polar surface area (TPSA) is 89.3 Å². The number of aromatic nitrogens is 3. The minimum Gasteiger partial charge on any atom is -0.394 e. The lowest BCUT2D eigenvalue weighted by Gasteiger charge is -2.18. The van der Waals surface area contributed by atoms with E-state index in [1.165, 1.54) is 24.4 Å². The van der Waals surface area contributed by atoms with Gasteiger partial charge in [-0.15, -0.1) is 0 Å². The van der Waals surface area contributed by atoms with Gasteiger partial charge in [0.05, 0.1) is 19.3 Å². The molecule has 1 heterocycles. The molecule has 7 heteroatoms. The number of hydrogen-bond acceptors (Lipinski definition) is 5. The van der Waals surface area contributed by atoms with Crippen LogP contribution in [0.3, 0.4) is 0 Å². The van der Waals surface area contributed by atoms with E-state index in [0.717, 1.165) is 0 Å². The van der Waals surface area contributed by atoms with Crippen LogP contribution in [0.4, 0.5) is 0 Å². The summed E-state index contributed by atoms with van der Waals surface area (Å²) in [5.74, 6) is -0.235. The molecular formula is C9H16N4O3. The van der Waals surface area contributed by atoms with Gasteiger partial charge in [-0.05, 0) is 6.92 Å². The van der Waals surface area contributed by atoms with Crippen molar-refractivity contribution in [1.29, 1.82) is 0 Å². The highest BCUT2D eigenvalue weighted by atomic mass is 16.5. The van der Waals surface area contributed by atoms with Crippen LogP contribution in [0.1, 0.15) is 13.0 Å². The molecular weight excluding hydrogens is 212 g/mol. The maximum Gasteiger partial charge on any atom is 0.245 e. The summed E-state index contributed by atoms with van der Waals surface area (Å²) in [5.41, 5.74) is 0. The van der Waals surface area contributed by atoms with Crippen LogP contribution in [-0.4, -0.2) is 52.1 Å². The Bertz CT molecular complexity index is 315. The van der Waals surface area contributed by atoms with Crippen LogP contribution in [-0.2, 0) is 9.53 Å². The van der Waals surface area contributed by atoms with Gasteiger partial charge in [0.25, 0.3) is 0 Å². The maximum absolute atomic E-state index is 11.7. The van der Waals surface area contributed by atoms with Gasteiger partial charge in [-0.25, -0.2) is 9.67 Å². The second-order valence-corrected chi connectivity index (χ2v) is 3.39. The summed E-state index contributed by atoms with van der Waals surface area (Å²) >= 11 is 0. The maximum atomic E-state index is 11.7. The molecule has 0 radical (unpaired) electrons. The average molecular weight is 228 g/mol. The van der Waals surface area contributed by atoms with Crippen LogP contribution in [0.15, 0.2) is 12.7 Å². The number of nitrogens with one attached hydrogen (secondary N) is 1. The Morgan fingerprint density at radius 1 is 1.69 bits per heavy atom. The third-order valence-electron chi connectivity index (χ3n) is 2.15. The highest BCUT2D eigenvalue weighted by Crippen LogP contribution is 2.02. The standard InChI is InChI=1S/C9H16N4O3/c1-7(13-6-10-5-11-13)9(15)12-8(3-14)4-16-2/h5-8,14H,3-4H2,1-2H3,(H,12,15). The molecule has 1 aromatic heterocycles. The molecule has 0 saturated heterocycles. The molecule has 0 spiro atoms. The molecule has 0 bridgehead atoms. The Labute approximate surface area is 93.4 Å². The first-order valence-corrected chi connectivity index (χ1v) is 4.93. The van der Waals surface area contributed by atoms with E-state index >= 15 is 0 Å². The summed E-state index contributed by atoms with van der Waals surface area (Å²) in [6.45, 7) is 1.81. The lowest BCUT2D eigenvalue weighted by atomic mass is 10.2. The fourth-order valence-corrected chi connectivity index (χ4v) is 1.20. The molecule has 1 rings (SSSR count). The summed E-state index contributed by atoms with van der Waals surface area (Å²) in [5, 5.41) is 15.5. The summed E-state index contributed by atoms with van der Waals surface area (Å²) in [4.78, 5) is 15.5. The summed E-state index contributed by atoms with van der Waals surface area (Å²) in [7, 11) is 1.51. The van der Waals surface area contributed by atoms with Crippen molar-refractivity contribution in [3.63, 3.8) is 0 Å². The van der Waals surface area contributed by atoms with Crippen LogP contribution in [0.2, 0.25) is 0 Å². The summed E-state index contributed by atoms with van der Waals surface area (Å²) in [6.07, 6.45) is 2.83. The number of nitrogens with zero attached hydrogens (tertiary/aromatic N) is 3. The van der Waals surface area contributed by atoms with Crippen molar-refractivity contribution in [2.75, 3.05) is 20.3 Å². The molecule has 0 aliphatic carbocycles. The van der Waals surface area contributed by atoms with E-state index in [2.05, 4.69) is 15.4 Å². The molecule has 7 nitrogen and oxygen atoms in total. The Hall–Kier alpha value is -1.47. The zero-order valence-electron chi connectivity index (χ0n) is 9.33. The van der Waals surface area contributed by atoms with Crippen LogP contribution in [0.25, 0.3) is 0 Å². The van der Waals surface area contributed by atoms with Gasteiger partial charge in [0, 0.05) is 7.11 Å². The van der Waals surface area contributed by atoms with Crippen LogP contribution >= 0.6 is 0 Å². The van der Waals surface area contributed by atoms with E-state index in [9.17, 15) is 4.79 Å². The summed E-state index contributed by atoms with van der Waals surface area (Å²) in [6, 6.07) is -0.864. The van der Waals surface area contributed by atoms with Crippen molar-refractivity contribution in [2.45, 2.75) is 19.0 Å². The van der Waals surface area contributed by atoms with Crippen molar-refractivity contribution >= 4 is 5.91 Å². The van der Waals surface area contributed by atoms with Gasteiger partial charge in [-0.1, -0.05) is 0 Å². The Morgan fingerprint density at radius 2 is 2.44 bits per heavy atom. The Balaban J connectivity index is 2.51. The van der Waals surface area contributed by atoms with Gasteiger partial charge in [0.1, 0.15) is 18.7 Å². The lowest BCUT2D eigenvalue weighted by molar-refractivity contribution is -0.125. The number of ether oxygens (including phenoxy) is 1. The zero-order valence-corrected chi connectivity index (χ0v) is 9.33. The van der Waals surface area contributed by atoms with Crippen molar-refractivity contribution in [2.24, 2.45) is 0 Å². The number of carbonyl (C=O) groups excluding carboxylic acids is 1. The smallest absolute Gasteiger partial charge is 0.245 e. The van der Waals surface area contributed by atoms with Gasteiger partial charge >= 0.3 is 0 Å². The van der Waals surface area contributed by atoms with E-state index in [4.69, 9.17) is 9.84 Å². The molecule has 2 unspecified atom stereocenters. The monoisotopic (exact) mass is 228 g/mol. The van der Waals surface area contributed by atoms with Gasteiger partial charge in [-0.3, -0.25) is 4.79 Å². The zero-order chi connectivity index (χ0) is 12.0. The van der Waals surface area contributed by atoms with Crippen molar-refractivity contribution in [3.8, 4) is 0 Å².